The number of carbonyl (C=O) groups excluding carboxylic acids is 2. The molecule has 1 atom stereocenters. The highest BCUT2D eigenvalue weighted by Gasteiger charge is 2.30. The lowest BCUT2D eigenvalue weighted by atomic mass is 10.0. The summed E-state index contributed by atoms with van der Waals surface area (Å²) in [5.74, 6) is -0.0389. The number of halogens is 1. The Kier molecular flexibility index (Phi) is 6.78. The first-order valence-corrected chi connectivity index (χ1v) is 8.56. The van der Waals surface area contributed by atoms with Gasteiger partial charge in [-0.3, -0.25) is 19.4 Å². The van der Waals surface area contributed by atoms with Crippen molar-refractivity contribution in [1.82, 2.24) is 15.1 Å². The van der Waals surface area contributed by atoms with Crippen LogP contribution in [0.4, 0.5) is 0 Å². The molecular formula is C18H26ClN3O2. The minimum atomic E-state index is -0.0195. The number of rotatable bonds is 5. The average molecular weight is 352 g/mol. The predicted molar refractivity (Wildman–Crippen MR) is 96.2 cm³/mol. The minimum absolute atomic E-state index is 0. The van der Waals surface area contributed by atoms with Crippen LogP contribution in [0, 0.1) is 0 Å². The van der Waals surface area contributed by atoms with Gasteiger partial charge in [-0.25, -0.2) is 0 Å². The van der Waals surface area contributed by atoms with Gasteiger partial charge in [0, 0.05) is 51.6 Å². The standard InChI is InChI=1S/C18H25N3O2.ClH/c1-2-14-3-5-15(6-4-14)16-13-19-9-10-20(16)11-12-21-17(22)7-8-18(21)23;/h3-6,16,19H,2,7-13H2,1H3;1H. The molecule has 132 valence electrons. The Hall–Kier alpha value is -1.43. The summed E-state index contributed by atoms with van der Waals surface area (Å²) in [5.41, 5.74) is 2.64. The van der Waals surface area contributed by atoms with Crippen LogP contribution in [-0.2, 0) is 16.0 Å². The first-order valence-electron chi connectivity index (χ1n) is 8.56. The Labute approximate surface area is 149 Å². The van der Waals surface area contributed by atoms with Gasteiger partial charge in [0.1, 0.15) is 0 Å². The second kappa shape index (κ2) is 8.60. The topological polar surface area (TPSA) is 52.6 Å². The predicted octanol–water partition coefficient (Wildman–Crippen LogP) is 1.77. The van der Waals surface area contributed by atoms with E-state index in [1.807, 2.05) is 0 Å². The lowest BCUT2D eigenvalue weighted by molar-refractivity contribution is -0.138. The maximum Gasteiger partial charge on any atom is 0.229 e. The highest BCUT2D eigenvalue weighted by atomic mass is 35.5. The number of nitrogens with zero attached hydrogens (tertiary/aromatic N) is 2. The summed E-state index contributed by atoms with van der Waals surface area (Å²) in [4.78, 5) is 27.3. The first-order chi connectivity index (χ1) is 11.2. The first kappa shape index (κ1) is 18.9. The molecule has 2 aliphatic rings. The molecule has 2 amide bonds. The van der Waals surface area contributed by atoms with Crippen LogP contribution in [0.3, 0.4) is 0 Å². The molecule has 1 unspecified atom stereocenters. The number of piperazine rings is 1. The molecule has 0 spiro atoms. The Morgan fingerprint density at radius 2 is 1.75 bits per heavy atom. The number of aryl methyl sites for hydroxylation is 1. The van der Waals surface area contributed by atoms with Gasteiger partial charge in [0.15, 0.2) is 0 Å². The number of hydrogen-bond acceptors (Lipinski definition) is 4. The fourth-order valence-corrected chi connectivity index (χ4v) is 3.42. The zero-order valence-corrected chi connectivity index (χ0v) is 15.0. The number of hydrogen-bond donors (Lipinski definition) is 1. The summed E-state index contributed by atoms with van der Waals surface area (Å²) in [5, 5.41) is 3.45. The van der Waals surface area contributed by atoms with Crippen LogP contribution in [-0.4, -0.2) is 54.3 Å². The number of nitrogens with one attached hydrogen (secondary N) is 1. The van der Waals surface area contributed by atoms with E-state index in [0.29, 0.717) is 25.4 Å². The molecule has 2 fully saturated rings. The molecule has 1 aromatic carbocycles. The van der Waals surface area contributed by atoms with Crippen LogP contribution in [0.5, 0.6) is 0 Å². The summed E-state index contributed by atoms with van der Waals surface area (Å²) >= 11 is 0. The second-order valence-electron chi connectivity index (χ2n) is 6.29. The van der Waals surface area contributed by atoms with Gasteiger partial charge >= 0.3 is 0 Å². The summed E-state index contributed by atoms with van der Waals surface area (Å²) in [6, 6.07) is 9.10. The van der Waals surface area contributed by atoms with E-state index in [9.17, 15) is 9.59 Å². The molecule has 6 heteroatoms. The molecule has 0 aliphatic carbocycles. The van der Waals surface area contributed by atoms with Gasteiger partial charge in [-0.15, -0.1) is 12.4 Å². The molecule has 0 aromatic heterocycles. The Morgan fingerprint density at radius 1 is 1.08 bits per heavy atom. The van der Waals surface area contributed by atoms with Gasteiger partial charge in [-0.1, -0.05) is 31.2 Å². The lowest BCUT2D eigenvalue weighted by Gasteiger charge is -2.37. The molecule has 2 saturated heterocycles. The van der Waals surface area contributed by atoms with Crippen LogP contribution < -0.4 is 5.32 Å². The fraction of sp³-hybridized carbons (Fsp3) is 0.556. The number of likely N-dealkylation sites (tertiary alicyclic amines) is 1. The third kappa shape index (κ3) is 4.15. The summed E-state index contributed by atoms with van der Waals surface area (Å²) in [6.45, 7) is 6.23. The number of carbonyl (C=O) groups is 2. The zero-order valence-electron chi connectivity index (χ0n) is 14.2. The monoisotopic (exact) mass is 351 g/mol. The van der Waals surface area contributed by atoms with E-state index in [2.05, 4.69) is 41.4 Å². The molecule has 3 rings (SSSR count). The molecule has 1 aromatic rings. The number of imide groups is 1. The Bertz CT molecular complexity index is 560. The van der Waals surface area contributed by atoms with Gasteiger partial charge in [-0.05, 0) is 17.5 Å². The van der Waals surface area contributed by atoms with E-state index in [-0.39, 0.29) is 24.2 Å². The van der Waals surface area contributed by atoms with Crippen LogP contribution in [0.1, 0.15) is 36.9 Å². The van der Waals surface area contributed by atoms with E-state index in [0.717, 1.165) is 32.6 Å². The van der Waals surface area contributed by atoms with Crippen molar-refractivity contribution in [2.45, 2.75) is 32.2 Å². The van der Waals surface area contributed by atoms with Crippen molar-refractivity contribution in [2.24, 2.45) is 0 Å². The third-order valence-electron chi connectivity index (χ3n) is 4.89. The normalized spacial score (nSPS) is 21.9. The number of benzene rings is 1. The minimum Gasteiger partial charge on any atom is -0.314 e. The van der Waals surface area contributed by atoms with Gasteiger partial charge < -0.3 is 5.32 Å². The van der Waals surface area contributed by atoms with Crippen molar-refractivity contribution < 1.29 is 9.59 Å². The van der Waals surface area contributed by atoms with E-state index >= 15 is 0 Å². The molecular weight excluding hydrogens is 326 g/mol. The fourth-order valence-electron chi connectivity index (χ4n) is 3.42. The van der Waals surface area contributed by atoms with Crippen LogP contribution in [0.25, 0.3) is 0 Å². The van der Waals surface area contributed by atoms with Crippen molar-refractivity contribution in [3.8, 4) is 0 Å². The van der Waals surface area contributed by atoms with Crippen molar-refractivity contribution in [1.29, 1.82) is 0 Å². The molecule has 5 nitrogen and oxygen atoms in total. The summed E-state index contributed by atoms with van der Waals surface area (Å²) in [6.07, 6.45) is 1.80. The third-order valence-corrected chi connectivity index (χ3v) is 4.89. The maximum absolute atomic E-state index is 11.8. The molecule has 1 N–H and O–H groups in total. The lowest BCUT2D eigenvalue weighted by Crippen LogP contribution is -2.48. The molecule has 0 radical (unpaired) electrons. The summed E-state index contributed by atoms with van der Waals surface area (Å²) < 4.78 is 0. The van der Waals surface area contributed by atoms with Crippen LogP contribution >= 0.6 is 12.4 Å². The quantitative estimate of drug-likeness (QED) is 0.821. The molecule has 24 heavy (non-hydrogen) atoms. The van der Waals surface area contributed by atoms with Gasteiger partial charge in [0.2, 0.25) is 11.8 Å². The van der Waals surface area contributed by atoms with E-state index in [1.54, 1.807) is 0 Å². The molecule has 2 heterocycles. The second-order valence-corrected chi connectivity index (χ2v) is 6.29. The largest absolute Gasteiger partial charge is 0.314 e. The highest BCUT2D eigenvalue weighted by molar-refractivity contribution is 6.01. The molecule has 2 aliphatic heterocycles. The Morgan fingerprint density at radius 3 is 2.38 bits per heavy atom. The SMILES string of the molecule is CCc1ccc(C2CNCCN2CCN2C(=O)CCC2=O)cc1.Cl. The molecule has 0 bridgehead atoms. The Balaban J connectivity index is 0.00000208. The highest BCUT2D eigenvalue weighted by Crippen LogP contribution is 2.23. The number of amides is 2. The summed E-state index contributed by atoms with van der Waals surface area (Å²) in [7, 11) is 0. The molecule has 0 saturated carbocycles. The maximum atomic E-state index is 11.8. The van der Waals surface area contributed by atoms with Gasteiger partial charge in [0.25, 0.3) is 0 Å². The van der Waals surface area contributed by atoms with E-state index in [4.69, 9.17) is 0 Å². The average Bonchev–Trinajstić information content (AvgIpc) is 2.92. The van der Waals surface area contributed by atoms with Crippen molar-refractivity contribution >= 4 is 24.2 Å². The zero-order chi connectivity index (χ0) is 16.2. The van der Waals surface area contributed by atoms with Crippen molar-refractivity contribution in [2.75, 3.05) is 32.7 Å². The smallest absolute Gasteiger partial charge is 0.229 e. The van der Waals surface area contributed by atoms with E-state index < -0.39 is 0 Å². The van der Waals surface area contributed by atoms with Gasteiger partial charge in [0.05, 0.1) is 0 Å². The van der Waals surface area contributed by atoms with E-state index in [1.165, 1.54) is 16.0 Å². The van der Waals surface area contributed by atoms with Crippen molar-refractivity contribution in [3.05, 3.63) is 35.4 Å². The van der Waals surface area contributed by atoms with Crippen molar-refractivity contribution in [3.63, 3.8) is 0 Å². The van der Waals surface area contributed by atoms with Crippen LogP contribution in [0.2, 0.25) is 0 Å². The van der Waals surface area contributed by atoms with Crippen LogP contribution in [0.15, 0.2) is 24.3 Å². The van der Waals surface area contributed by atoms with Gasteiger partial charge in [-0.2, -0.15) is 0 Å².